The molecule has 16 heavy (non-hydrogen) atoms. The summed E-state index contributed by atoms with van der Waals surface area (Å²) in [6, 6.07) is 5.75. The number of aromatic amines is 1. The van der Waals surface area contributed by atoms with E-state index in [1.165, 1.54) is 0 Å². The minimum atomic E-state index is 0.407. The van der Waals surface area contributed by atoms with Crippen LogP contribution in [0.4, 0.5) is 5.95 Å². The Balaban J connectivity index is 2.02. The van der Waals surface area contributed by atoms with Gasteiger partial charge in [-0.25, -0.2) is 4.98 Å². The van der Waals surface area contributed by atoms with Gasteiger partial charge in [0.1, 0.15) is 13.2 Å². The van der Waals surface area contributed by atoms with Gasteiger partial charge >= 0.3 is 0 Å². The average molecular weight is 217 g/mol. The maximum absolute atomic E-state index is 5.53. The van der Waals surface area contributed by atoms with Crippen molar-refractivity contribution in [3.05, 3.63) is 24.4 Å². The summed E-state index contributed by atoms with van der Waals surface area (Å²) < 4.78 is 10.9. The number of fused-ring (bicyclic) bond motifs is 1. The lowest BCUT2D eigenvalue weighted by atomic mass is 10.1. The summed E-state index contributed by atoms with van der Waals surface area (Å²) in [5.74, 6) is 1.95. The first-order valence-electron chi connectivity index (χ1n) is 5.03. The van der Waals surface area contributed by atoms with Crippen LogP contribution in [0.5, 0.6) is 11.5 Å². The first-order valence-corrected chi connectivity index (χ1v) is 5.03. The predicted molar refractivity (Wildman–Crippen MR) is 59.4 cm³/mol. The highest BCUT2D eigenvalue weighted by Gasteiger charge is 2.12. The Morgan fingerprint density at radius 3 is 2.75 bits per heavy atom. The van der Waals surface area contributed by atoms with Crippen molar-refractivity contribution in [1.29, 1.82) is 0 Å². The number of ether oxygens (including phenoxy) is 2. The van der Waals surface area contributed by atoms with E-state index in [-0.39, 0.29) is 0 Å². The van der Waals surface area contributed by atoms with Crippen LogP contribution >= 0.6 is 0 Å². The van der Waals surface area contributed by atoms with E-state index in [9.17, 15) is 0 Å². The van der Waals surface area contributed by atoms with Crippen LogP contribution in [0.3, 0.4) is 0 Å². The van der Waals surface area contributed by atoms with E-state index in [1.807, 2.05) is 18.2 Å². The lowest BCUT2D eigenvalue weighted by Crippen LogP contribution is -2.15. The van der Waals surface area contributed by atoms with Crippen molar-refractivity contribution in [2.24, 2.45) is 0 Å². The van der Waals surface area contributed by atoms with Gasteiger partial charge in [-0.05, 0) is 18.2 Å². The zero-order chi connectivity index (χ0) is 11.0. The number of nitrogens with two attached hydrogens (primary N) is 1. The maximum atomic E-state index is 5.53. The lowest BCUT2D eigenvalue weighted by Gasteiger charge is -2.18. The van der Waals surface area contributed by atoms with Crippen LogP contribution in [0.25, 0.3) is 11.3 Å². The van der Waals surface area contributed by atoms with Gasteiger partial charge in [-0.1, -0.05) is 0 Å². The molecule has 0 aliphatic carbocycles. The first kappa shape index (κ1) is 9.08. The Morgan fingerprint density at radius 1 is 1.19 bits per heavy atom. The molecular weight excluding hydrogens is 206 g/mol. The number of anilines is 1. The highest BCUT2D eigenvalue weighted by atomic mass is 16.6. The minimum Gasteiger partial charge on any atom is -0.486 e. The number of nitrogens with one attached hydrogen (secondary N) is 1. The van der Waals surface area contributed by atoms with Crippen molar-refractivity contribution < 1.29 is 9.47 Å². The third-order valence-electron chi connectivity index (χ3n) is 2.45. The second kappa shape index (κ2) is 3.44. The first-order chi connectivity index (χ1) is 7.83. The molecular formula is C11H11N3O2. The van der Waals surface area contributed by atoms with Gasteiger partial charge in [0.15, 0.2) is 17.4 Å². The van der Waals surface area contributed by atoms with E-state index >= 15 is 0 Å². The minimum absolute atomic E-state index is 0.407. The molecule has 0 amide bonds. The Labute approximate surface area is 92.2 Å². The van der Waals surface area contributed by atoms with Crippen LogP contribution < -0.4 is 15.2 Å². The fourth-order valence-corrected chi connectivity index (χ4v) is 1.69. The number of benzene rings is 1. The largest absolute Gasteiger partial charge is 0.486 e. The van der Waals surface area contributed by atoms with Gasteiger partial charge < -0.3 is 20.2 Å². The second-order valence-electron chi connectivity index (χ2n) is 3.54. The smallest absolute Gasteiger partial charge is 0.197 e. The number of H-pyrrole nitrogens is 1. The topological polar surface area (TPSA) is 73.2 Å². The van der Waals surface area contributed by atoms with Crippen molar-refractivity contribution in [1.82, 2.24) is 9.97 Å². The molecule has 1 aliphatic rings. The van der Waals surface area contributed by atoms with E-state index in [1.54, 1.807) is 6.20 Å². The summed E-state index contributed by atoms with van der Waals surface area (Å²) in [5.41, 5.74) is 7.38. The summed E-state index contributed by atoms with van der Waals surface area (Å²) >= 11 is 0. The molecule has 0 saturated heterocycles. The third kappa shape index (κ3) is 1.46. The maximum Gasteiger partial charge on any atom is 0.197 e. The SMILES string of the molecule is Nc1ncc(-c2ccc3c(c2)OCCO3)[nH]1. The fourth-order valence-electron chi connectivity index (χ4n) is 1.69. The summed E-state index contributed by atoms with van der Waals surface area (Å²) in [5, 5.41) is 0. The van der Waals surface area contributed by atoms with Gasteiger partial charge in [0.05, 0.1) is 11.9 Å². The average Bonchev–Trinajstić information content (AvgIpc) is 2.75. The van der Waals surface area contributed by atoms with Crippen molar-refractivity contribution in [2.45, 2.75) is 0 Å². The standard InChI is InChI=1S/C11H11N3O2/c12-11-13-6-8(14-11)7-1-2-9-10(5-7)16-4-3-15-9/h1-2,5-6H,3-4H2,(H3,12,13,14). The van der Waals surface area contributed by atoms with Crippen molar-refractivity contribution in [3.63, 3.8) is 0 Å². The van der Waals surface area contributed by atoms with Crippen molar-refractivity contribution in [2.75, 3.05) is 18.9 Å². The normalized spacial score (nSPS) is 13.8. The van der Waals surface area contributed by atoms with E-state index in [0.717, 1.165) is 22.8 Å². The highest BCUT2D eigenvalue weighted by molar-refractivity contribution is 5.64. The quantitative estimate of drug-likeness (QED) is 0.757. The predicted octanol–water partition coefficient (Wildman–Crippen LogP) is 1.43. The molecule has 1 aromatic heterocycles. The highest BCUT2D eigenvalue weighted by Crippen LogP contribution is 2.33. The van der Waals surface area contributed by atoms with Crippen LogP contribution in [-0.2, 0) is 0 Å². The number of nitrogen functional groups attached to an aromatic ring is 1. The number of hydrogen-bond acceptors (Lipinski definition) is 4. The van der Waals surface area contributed by atoms with Gasteiger partial charge in [0.25, 0.3) is 0 Å². The molecule has 0 bridgehead atoms. The monoisotopic (exact) mass is 217 g/mol. The van der Waals surface area contributed by atoms with Gasteiger partial charge in [-0.2, -0.15) is 0 Å². The van der Waals surface area contributed by atoms with E-state index in [4.69, 9.17) is 15.2 Å². The lowest BCUT2D eigenvalue weighted by molar-refractivity contribution is 0.171. The molecule has 0 radical (unpaired) electrons. The summed E-state index contributed by atoms with van der Waals surface area (Å²) in [7, 11) is 0. The number of nitrogens with zero attached hydrogens (tertiary/aromatic N) is 1. The van der Waals surface area contributed by atoms with E-state index < -0.39 is 0 Å². The number of hydrogen-bond donors (Lipinski definition) is 2. The Hall–Kier alpha value is -2.17. The molecule has 0 spiro atoms. The summed E-state index contributed by atoms with van der Waals surface area (Å²) in [6.07, 6.45) is 1.70. The van der Waals surface area contributed by atoms with Gasteiger partial charge in [-0.15, -0.1) is 0 Å². The molecule has 0 atom stereocenters. The molecule has 3 rings (SSSR count). The molecule has 3 N–H and O–H groups in total. The van der Waals surface area contributed by atoms with Crippen LogP contribution in [0.2, 0.25) is 0 Å². The Bertz CT molecular complexity index is 522. The van der Waals surface area contributed by atoms with Crippen molar-refractivity contribution >= 4 is 5.95 Å². The Kier molecular flexibility index (Phi) is 1.96. The Morgan fingerprint density at radius 2 is 2.00 bits per heavy atom. The van der Waals surface area contributed by atoms with Gasteiger partial charge in [0, 0.05) is 5.56 Å². The van der Waals surface area contributed by atoms with Crippen LogP contribution in [0.1, 0.15) is 0 Å². The zero-order valence-corrected chi connectivity index (χ0v) is 8.56. The number of rotatable bonds is 1. The molecule has 0 fully saturated rings. The molecule has 2 heterocycles. The molecule has 1 aromatic carbocycles. The van der Waals surface area contributed by atoms with Crippen LogP contribution in [-0.4, -0.2) is 23.2 Å². The molecule has 82 valence electrons. The molecule has 1 aliphatic heterocycles. The van der Waals surface area contributed by atoms with E-state index in [2.05, 4.69) is 9.97 Å². The molecule has 5 heteroatoms. The summed E-state index contributed by atoms with van der Waals surface area (Å²) in [6.45, 7) is 1.19. The van der Waals surface area contributed by atoms with Crippen molar-refractivity contribution in [3.8, 4) is 22.8 Å². The van der Waals surface area contributed by atoms with Crippen LogP contribution in [0.15, 0.2) is 24.4 Å². The van der Waals surface area contributed by atoms with Gasteiger partial charge in [0.2, 0.25) is 0 Å². The van der Waals surface area contributed by atoms with Gasteiger partial charge in [-0.3, -0.25) is 0 Å². The number of aromatic nitrogens is 2. The molecule has 2 aromatic rings. The molecule has 0 unspecified atom stereocenters. The molecule has 0 saturated carbocycles. The molecule has 5 nitrogen and oxygen atoms in total. The zero-order valence-electron chi connectivity index (χ0n) is 8.56. The summed E-state index contributed by atoms with van der Waals surface area (Å²) in [4.78, 5) is 6.92. The van der Waals surface area contributed by atoms with Crippen LogP contribution in [0, 0.1) is 0 Å². The third-order valence-corrected chi connectivity index (χ3v) is 2.45. The van der Waals surface area contributed by atoms with E-state index in [0.29, 0.717) is 19.2 Å². The number of imidazole rings is 1. The second-order valence-corrected chi connectivity index (χ2v) is 3.54. The fraction of sp³-hybridized carbons (Fsp3) is 0.182.